The highest BCUT2D eigenvalue weighted by Gasteiger charge is 2.19. The van der Waals surface area contributed by atoms with Crippen LogP contribution in [0.1, 0.15) is 73.6 Å². The molecule has 1 unspecified atom stereocenters. The maximum atomic E-state index is 13.4. The molecule has 0 radical (unpaired) electrons. The SMILES string of the molecule is C=CC(=N/C=C(/c1ccc(C(=O)CC)c(C)c1)C(C)CC)/C(=C\N)C(=O)Nc1cc(NC(=O)CN2CCCC2)cnc1C. The number of aliphatic imine (C=N–C) groups is 1. The summed E-state index contributed by atoms with van der Waals surface area (Å²) in [5.74, 6) is -0.338. The quantitative estimate of drug-likeness (QED) is 0.155. The van der Waals surface area contributed by atoms with E-state index in [4.69, 9.17) is 5.73 Å². The van der Waals surface area contributed by atoms with E-state index in [1.165, 1.54) is 12.3 Å². The third kappa shape index (κ3) is 8.81. The Bertz CT molecular complexity index is 1450. The van der Waals surface area contributed by atoms with Crippen molar-refractivity contribution in [2.24, 2.45) is 16.6 Å². The van der Waals surface area contributed by atoms with E-state index in [9.17, 15) is 14.4 Å². The highest BCUT2D eigenvalue weighted by atomic mass is 16.2. The summed E-state index contributed by atoms with van der Waals surface area (Å²) in [6, 6.07) is 7.49. The summed E-state index contributed by atoms with van der Waals surface area (Å²) in [5, 5.41) is 5.72. The lowest BCUT2D eigenvalue weighted by molar-refractivity contribution is -0.117. The number of hydrogen-bond acceptors (Lipinski definition) is 7. The van der Waals surface area contributed by atoms with Gasteiger partial charge in [-0.3, -0.25) is 29.3 Å². The highest BCUT2D eigenvalue weighted by molar-refractivity contribution is 6.29. The van der Waals surface area contributed by atoms with Gasteiger partial charge in [-0.2, -0.15) is 0 Å². The Kier molecular flexibility index (Phi) is 12.1. The number of rotatable bonds is 13. The average Bonchev–Trinajstić information content (AvgIpc) is 3.50. The van der Waals surface area contributed by atoms with Gasteiger partial charge in [0, 0.05) is 24.4 Å². The number of nitrogens with one attached hydrogen (secondary N) is 2. The molecule has 0 saturated carbocycles. The summed E-state index contributed by atoms with van der Waals surface area (Å²) in [6.45, 7) is 15.8. The first kappa shape index (κ1) is 33.1. The number of hydrogen-bond donors (Lipinski definition) is 3. The molecule has 0 aliphatic carbocycles. The number of aryl methyl sites for hydroxylation is 2. The minimum atomic E-state index is -0.483. The summed E-state index contributed by atoms with van der Waals surface area (Å²) < 4.78 is 0. The van der Waals surface area contributed by atoms with Gasteiger partial charge in [0.2, 0.25) is 5.91 Å². The molecule has 4 N–H and O–H groups in total. The van der Waals surface area contributed by atoms with E-state index in [0.717, 1.165) is 54.6 Å². The number of carbonyl (C=O) groups is 3. The van der Waals surface area contributed by atoms with Crippen LogP contribution >= 0.6 is 0 Å². The Morgan fingerprint density at radius 1 is 1.14 bits per heavy atom. The number of carbonyl (C=O) groups excluding carboxylic acids is 3. The molecule has 228 valence electrons. The molecule has 1 aromatic carbocycles. The fourth-order valence-electron chi connectivity index (χ4n) is 4.96. The van der Waals surface area contributed by atoms with Crippen molar-refractivity contribution in [1.29, 1.82) is 0 Å². The van der Waals surface area contributed by atoms with E-state index in [1.807, 2.05) is 32.0 Å². The molecule has 1 aromatic heterocycles. The predicted octanol–water partition coefficient (Wildman–Crippen LogP) is 5.82. The van der Waals surface area contributed by atoms with Crippen LogP contribution in [0.15, 0.2) is 66.1 Å². The molecule has 2 heterocycles. The lowest BCUT2D eigenvalue weighted by Crippen LogP contribution is -2.31. The van der Waals surface area contributed by atoms with Gasteiger partial charge >= 0.3 is 0 Å². The number of ketones is 1. The van der Waals surface area contributed by atoms with E-state index >= 15 is 0 Å². The molecule has 0 spiro atoms. The van der Waals surface area contributed by atoms with Crippen LogP contribution in [0.25, 0.3) is 5.57 Å². The van der Waals surface area contributed by atoms with Gasteiger partial charge in [-0.05, 0) is 81.0 Å². The van der Waals surface area contributed by atoms with Crippen LogP contribution in [0.5, 0.6) is 0 Å². The second-order valence-electron chi connectivity index (χ2n) is 10.8. The lowest BCUT2D eigenvalue weighted by Gasteiger charge is -2.16. The number of anilines is 2. The standard InChI is InChI=1S/C34H44N6O3/c1-7-22(4)29(25-12-13-27(23(5)16-25)32(41)9-3)20-37-30(8-2)28(18-35)34(43)39-31-17-26(19-36-24(31)6)38-33(42)21-40-14-10-11-15-40/h8,12-13,16-20,22H,2,7,9-11,14-15,21,35H2,1,3-6H3,(H,38,42)(H,39,43)/b28-18+,29-20+,37-30-. The monoisotopic (exact) mass is 584 g/mol. The van der Waals surface area contributed by atoms with E-state index in [-0.39, 0.29) is 23.2 Å². The van der Waals surface area contributed by atoms with Crippen molar-refractivity contribution in [2.75, 3.05) is 30.3 Å². The largest absolute Gasteiger partial charge is 0.404 e. The molecule has 43 heavy (non-hydrogen) atoms. The number of likely N-dealkylation sites (tertiary alicyclic amines) is 1. The van der Waals surface area contributed by atoms with Gasteiger partial charge in [-0.15, -0.1) is 0 Å². The van der Waals surface area contributed by atoms with Gasteiger partial charge in [0.25, 0.3) is 5.91 Å². The smallest absolute Gasteiger partial charge is 0.259 e. The summed E-state index contributed by atoms with van der Waals surface area (Å²) in [7, 11) is 0. The van der Waals surface area contributed by atoms with Crippen molar-refractivity contribution in [3.8, 4) is 0 Å². The molecule has 0 bridgehead atoms. The zero-order chi connectivity index (χ0) is 31.5. The minimum Gasteiger partial charge on any atom is -0.404 e. The first-order chi connectivity index (χ1) is 20.6. The Hall–Kier alpha value is -4.37. The number of amides is 2. The number of allylic oxidation sites excluding steroid dienone is 2. The Labute approximate surface area is 255 Å². The number of aromatic nitrogens is 1. The maximum absolute atomic E-state index is 13.4. The molecule has 2 aromatic rings. The molecule has 1 atom stereocenters. The van der Waals surface area contributed by atoms with Crippen LogP contribution in [0.3, 0.4) is 0 Å². The fraction of sp³-hybridized carbons (Fsp3) is 0.382. The molecule has 1 aliphatic rings. The maximum Gasteiger partial charge on any atom is 0.259 e. The van der Waals surface area contributed by atoms with Crippen molar-refractivity contribution >= 4 is 40.3 Å². The second-order valence-corrected chi connectivity index (χ2v) is 10.8. The van der Waals surface area contributed by atoms with Crippen molar-refractivity contribution in [3.63, 3.8) is 0 Å². The lowest BCUT2D eigenvalue weighted by atomic mass is 9.90. The van der Waals surface area contributed by atoms with Crippen LogP contribution in [-0.4, -0.2) is 52.8 Å². The first-order valence-corrected chi connectivity index (χ1v) is 14.9. The molecule has 1 fully saturated rings. The van der Waals surface area contributed by atoms with E-state index in [1.54, 1.807) is 25.4 Å². The van der Waals surface area contributed by atoms with Gasteiger partial charge in [0.05, 0.1) is 41.1 Å². The van der Waals surface area contributed by atoms with Gasteiger partial charge in [0.1, 0.15) is 0 Å². The van der Waals surface area contributed by atoms with Crippen molar-refractivity contribution in [2.45, 2.75) is 60.3 Å². The normalized spacial score (nSPS) is 15.2. The molecule has 9 nitrogen and oxygen atoms in total. The van der Waals surface area contributed by atoms with Gasteiger partial charge in [-0.25, -0.2) is 0 Å². The van der Waals surface area contributed by atoms with Gasteiger partial charge in [0.15, 0.2) is 5.78 Å². The summed E-state index contributed by atoms with van der Waals surface area (Å²) in [6.07, 6.45) is 9.51. The summed E-state index contributed by atoms with van der Waals surface area (Å²) in [4.78, 5) is 49.3. The number of pyridine rings is 1. The molecule has 1 saturated heterocycles. The topological polar surface area (TPSA) is 130 Å². The zero-order valence-corrected chi connectivity index (χ0v) is 26.0. The fourth-order valence-corrected chi connectivity index (χ4v) is 4.96. The molecule has 3 rings (SSSR count). The number of nitrogens with zero attached hydrogens (tertiary/aromatic N) is 3. The zero-order valence-electron chi connectivity index (χ0n) is 26.0. The van der Waals surface area contributed by atoms with Crippen LogP contribution in [0.4, 0.5) is 11.4 Å². The van der Waals surface area contributed by atoms with E-state index < -0.39 is 5.91 Å². The predicted molar refractivity (Wildman–Crippen MR) is 175 cm³/mol. The number of Topliss-reactive ketones (excluding diaryl/α,β-unsaturated/α-hetero) is 1. The third-order valence-corrected chi connectivity index (χ3v) is 7.73. The van der Waals surface area contributed by atoms with E-state index in [2.05, 4.69) is 45.9 Å². The van der Waals surface area contributed by atoms with Crippen LogP contribution < -0.4 is 16.4 Å². The minimum absolute atomic E-state index is 0.106. The Morgan fingerprint density at radius 3 is 2.47 bits per heavy atom. The summed E-state index contributed by atoms with van der Waals surface area (Å²) in [5.41, 5.74) is 11.4. The highest BCUT2D eigenvalue weighted by Crippen LogP contribution is 2.28. The van der Waals surface area contributed by atoms with Gasteiger partial charge < -0.3 is 16.4 Å². The summed E-state index contributed by atoms with van der Waals surface area (Å²) >= 11 is 0. The Morgan fingerprint density at radius 2 is 1.86 bits per heavy atom. The first-order valence-electron chi connectivity index (χ1n) is 14.9. The molecule has 9 heteroatoms. The van der Waals surface area contributed by atoms with Crippen molar-refractivity contribution in [3.05, 3.63) is 83.5 Å². The molecule has 1 aliphatic heterocycles. The van der Waals surface area contributed by atoms with Crippen molar-refractivity contribution in [1.82, 2.24) is 9.88 Å². The molecular weight excluding hydrogens is 540 g/mol. The number of benzene rings is 1. The van der Waals surface area contributed by atoms with Crippen molar-refractivity contribution < 1.29 is 14.4 Å². The van der Waals surface area contributed by atoms with Gasteiger partial charge in [-0.1, -0.05) is 45.5 Å². The van der Waals surface area contributed by atoms with Crippen LogP contribution in [-0.2, 0) is 9.59 Å². The second kappa shape index (κ2) is 15.7. The van der Waals surface area contributed by atoms with Crippen LogP contribution in [0, 0.1) is 19.8 Å². The molecule has 2 amide bonds. The van der Waals surface area contributed by atoms with E-state index in [0.29, 0.717) is 35.7 Å². The van der Waals surface area contributed by atoms with Crippen LogP contribution in [0.2, 0.25) is 0 Å². The third-order valence-electron chi connectivity index (χ3n) is 7.73. The average molecular weight is 585 g/mol. The Balaban J connectivity index is 1.84. The molecular formula is C34H44N6O3. The number of nitrogens with two attached hydrogens (primary N) is 1.